The van der Waals surface area contributed by atoms with E-state index in [4.69, 9.17) is 4.74 Å². The van der Waals surface area contributed by atoms with Crippen molar-refractivity contribution < 1.29 is 29.0 Å². The lowest BCUT2D eigenvalue weighted by Crippen LogP contribution is -2.58. The van der Waals surface area contributed by atoms with Crippen LogP contribution in [0.2, 0.25) is 0 Å². The van der Waals surface area contributed by atoms with Crippen molar-refractivity contribution in [1.29, 1.82) is 0 Å². The van der Waals surface area contributed by atoms with Gasteiger partial charge in [0.2, 0.25) is 11.8 Å². The molecule has 274 valence electrons. The quantitative estimate of drug-likeness (QED) is 0.237. The van der Waals surface area contributed by atoms with E-state index in [1.165, 1.54) is 13.3 Å². The number of methoxy groups -OCH3 is 1. The summed E-state index contributed by atoms with van der Waals surface area (Å²) < 4.78 is 6.63. The summed E-state index contributed by atoms with van der Waals surface area (Å²) in [4.78, 5) is 57.3. The zero-order valence-corrected chi connectivity index (χ0v) is 30.1. The Hall–Kier alpha value is -4.32. The number of nitrogens with zero attached hydrogens (tertiary/aromatic N) is 4. The van der Waals surface area contributed by atoms with Gasteiger partial charge in [0.15, 0.2) is 0 Å². The lowest BCUT2D eigenvalue weighted by molar-refractivity contribution is -0.145. The van der Waals surface area contributed by atoms with E-state index in [2.05, 4.69) is 20.9 Å². The fourth-order valence-electron chi connectivity index (χ4n) is 8.45. The highest BCUT2D eigenvalue weighted by molar-refractivity contribution is 6.01. The summed E-state index contributed by atoms with van der Waals surface area (Å²) >= 11 is 0. The van der Waals surface area contributed by atoms with E-state index >= 15 is 0 Å². The Balaban J connectivity index is 1.32. The predicted octanol–water partition coefficient (Wildman–Crippen LogP) is 4.95. The van der Waals surface area contributed by atoms with Crippen LogP contribution in [0.25, 0.3) is 10.8 Å². The molecule has 51 heavy (non-hydrogen) atoms. The first-order chi connectivity index (χ1) is 24.5. The van der Waals surface area contributed by atoms with E-state index in [1.807, 2.05) is 36.4 Å². The summed E-state index contributed by atoms with van der Waals surface area (Å²) in [6.45, 7) is 3.43. The Kier molecular flexibility index (Phi) is 11.1. The molecule has 1 aliphatic heterocycles. The van der Waals surface area contributed by atoms with Crippen LogP contribution in [-0.2, 0) is 24.7 Å². The summed E-state index contributed by atoms with van der Waals surface area (Å²) in [6, 6.07) is 11.1. The largest absolute Gasteiger partial charge is 0.469 e. The fourth-order valence-corrected chi connectivity index (χ4v) is 8.45. The molecule has 1 saturated heterocycles. The highest BCUT2D eigenvalue weighted by Gasteiger charge is 2.47. The maximum Gasteiger partial charge on any atom is 0.307 e. The summed E-state index contributed by atoms with van der Waals surface area (Å²) in [5.74, 6) is -1.15. The second-order valence-electron chi connectivity index (χ2n) is 15.4. The standard InChI is InChI=1S/C39H52N6O6/c1-38(2,50)33-24-40-43-45(33)30-22-32(36(48)42-39(23-34(46)51-3)18-10-5-11-19-39)44(25-30)37(49)31(20-26-12-6-4-7-13-26)41-35(47)29-17-16-27-14-8-9-15-28(27)21-29/h8-9,14-17,21,24,26,30-32,50H,4-7,10-13,18-20,22-23,25H2,1-3H3,(H,41,47)(H,42,48)/t30-,31+,32-/m0/s1. The first kappa shape index (κ1) is 36.5. The van der Waals surface area contributed by atoms with Crippen LogP contribution >= 0.6 is 0 Å². The first-order valence-electron chi connectivity index (χ1n) is 18.6. The third-order valence-corrected chi connectivity index (χ3v) is 11.2. The van der Waals surface area contributed by atoms with Crippen LogP contribution in [-0.4, -0.2) is 80.0 Å². The molecule has 0 unspecified atom stereocenters. The lowest BCUT2D eigenvalue weighted by Gasteiger charge is -2.39. The molecule has 2 aromatic carbocycles. The van der Waals surface area contributed by atoms with Gasteiger partial charge >= 0.3 is 5.97 Å². The number of carbonyl (C=O) groups excluding carboxylic acids is 4. The normalized spacial score (nSPS) is 21.6. The van der Waals surface area contributed by atoms with E-state index in [-0.39, 0.29) is 43.0 Å². The molecule has 3 N–H and O–H groups in total. The number of amides is 3. The number of rotatable bonds is 11. The Bertz CT molecular complexity index is 1720. The van der Waals surface area contributed by atoms with Crippen molar-refractivity contribution in [3.05, 3.63) is 59.9 Å². The maximum absolute atomic E-state index is 14.9. The van der Waals surface area contributed by atoms with Gasteiger partial charge in [-0.2, -0.15) is 0 Å². The third-order valence-electron chi connectivity index (χ3n) is 11.2. The molecular weight excluding hydrogens is 648 g/mol. The summed E-state index contributed by atoms with van der Waals surface area (Å²) in [7, 11) is 1.35. The van der Waals surface area contributed by atoms with Gasteiger partial charge in [-0.05, 0) is 61.9 Å². The van der Waals surface area contributed by atoms with Gasteiger partial charge in [-0.15, -0.1) is 5.10 Å². The van der Waals surface area contributed by atoms with Gasteiger partial charge in [0, 0.05) is 18.5 Å². The van der Waals surface area contributed by atoms with Crippen LogP contribution < -0.4 is 10.6 Å². The van der Waals surface area contributed by atoms with Crippen LogP contribution in [0.5, 0.6) is 0 Å². The van der Waals surface area contributed by atoms with Crippen molar-refractivity contribution in [3.8, 4) is 0 Å². The van der Waals surface area contributed by atoms with Crippen molar-refractivity contribution in [2.45, 2.75) is 127 Å². The summed E-state index contributed by atoms with van der Waals surface area (Å²) in [6.07, 6.45) is 11.5. The SMILES string of the molecule is COC(=O)CC1(NC(=O)[C@@H]2C[C@H](n3nncc3C(C)(C)O)CN2C(=O)[C@@H](CC2CCCCC2)NC(=O)c2ccc3ccccc3c2)CCCCC1. The van der Waals surface area contributed by atoms with Crippen molar-refractivity contribution in [2.24, 2.45) is 5.92 Å². The number of nitrogens with one attached hydrogen (secondary N) is 2. The van der Waals surface area contributed by atoms with E-state index in [0.717, 1.165) is 62.1 Å². The molecule has 3 aromatic rings. The molecule has 0 radical (unpaired) electrons. The monoisotopic (exact) mass is 700 g/mol. The first-order valence-corrected chi connectivity index (χ1v) is 18.6. The summed E-state index contributed by atoms with van der Waals surface area (Å²) in [5, 5.41) is 27.5. The Morgan fingerprint density at radius 3 is 2.41 bits per heavy atom. The molecule has 3 atom stereocenters. The van der Waals surface area contributed by atoms with Crippen LogP contribution in [0.1, 0.15) is 119 Å². The van der Waals surface area contributed by atoms with Crippen LogP contribution in [0.3, 0.4) is 0 Å². The number of carbonyl (C=O) groups is 4. The molecule has 3 fully saturated rings. The zero-order valence-electron chi connectivity index (χ0n) is 30.1. The van der Waals surface area contributed by atoms with E-state index in [9.17, 15) is 24.3 Å². The van der Waals surface area contributed by atoms with Gasteiger partial charge in [-0.25, -0.2) is 4.68 Å². The highest BCUT2D eigenvalue weighted by Crippen LogP contribution is 2.36. The number of benzene rings is 2. The number of hydrogen-bond donors (Lipinski definition) is 3. The molecule has 2 heterocycles. The molecule has 12 nitrogen and oxygen atoms in total. The number of aromatic nitrogens is 3. The maximum atomic E-state index is 14.9. The second kappa shape index (κ2) is 15.5. The second-order valence-corrected chi connectivity index (χ2v) is 15.4. The third kappa shape index (κ3) is 8.43. The Labute approximate surface area is 299 Å². The molecule has 0 bridgehead atoms. The minimum atomic E-state index is -1.26. The van der Waals surface area contributed by atoms with Gasteiger partial charge in [0.1, 0.15) is 17.7 Å². The number of ether oxygens (including phenoxy) is 1. The minimum Gasteiger partial charge on any atom is -0.469 e. The van der Waals surface area contributed by atoms with Crippen LogP contribution in [0.4, 0.5) is 0 Å². The van der Waals surface area contributed by atoms with Crippen molar-refractivity contribution >= 4 is 34.5 Å². The number of esters is 1. The molecule has 2 aliphatic carbocycles. The highest BCUT2D eigenvalue weighted by atomic mass is 16.5. The van der Waals surface area contributed by atoms with Crippen LogP contribution in [0, 0.1) is 5.92 Å². The summed E-state index contributed by atoms with van der Waals surface area (Å²) in [5.41, 5.74) is -1.10. The fraction of sp³-hybridized carbons (Fsp3) is 0.590. The number of fused-ring (bicyclic) bond motifs is 1. The van der Waals surface area contributed by atoms with Gasteiger partial charge in [0.25, 0.3) is 5.91 Å². The molecule has 3 aliphatic rings. The average molecular weight is 701 g/mol. The minimum absolute atomic E-state index is 0.0530. The zero-order chi connectivity index (χ0) is 36.2. The van der Waals surface area contributed by atoms with Gasteiger partial charge in [0.05, 0.1) is 37.0 Å². The van der Waals surface area contributed by atoms with E-state index in [0.29, 0.717) is 30.5 Å². The number of hydrogen-bond acceptors (Lipinski definition) is 8. The Morgan fingerprint density at radius 2 is 1.71 bits per heavy atom. The van der Waals surface area contributed by atoms with Gasteiger partial charge < -0.3 is 25.4 Å². The Morgan fingerprint density at radius 1 is 1.00 bits per heavy atom. The van der Waals surface area contributed by atoms with Crippen molar-refractivity contribution in [2.75, 3.05) is 13.7 Å². The number of aliphatic hydroxyl groups is 1. The topological polar surface area (TPSA) is 156 Å². The molecule has 12 heteroatoms. The van der Waals surface area contributed by atoms with E-state index < -0.39 is 35.2 Å². The molecule has 6 rings (SSSR count). The molecular formula is C39H52N6O6. The van der Waals surface area contributed by atoms with Crippen LogP contribution in [0.15, 0.2) is 48.7 Å². The average Bonchev–Trinajstić information content (AvgIpc) is 3.80. The van der Waals surface area contributed by atoms with E-state index in [1.54, 1.807) is 29.5 Å². The predicted molar refractivity (Wildman–Crippen MR) is 191 cm³/mol. The van der Waals surface area contributed by atoms with Gasteiger partial charge in [-0.3, -0.25) is 19.2 Å². The smallest absolute Gasteiger partial charge is 0.307 e. The van der Waals surface area contributed by atoms with Crippen molar-refractivity contribution in [1.82, 2.24) is 30.5 Å². The molecule has 1 aromatic heterocycles. The lowest BCUT2D eigenvalue weighted by atomic mass is 9.79. The molecule has 2 saturated carbocycles. The molecule has 0 spiro atoms. The number of likely N-dealkylation sites (tertiary alicyclic amines) is 1. The van der Waals surface area contributed by atoms with Crippen molar-refractivity contribution in [3.63, 3.8) is 0 Å². The van der Waals surface area contributed by atoms with Gasteiger partial charge in [-0.1, -0.05) is 86.9 Å². The molecule has 3 amide bonds.